The quantitative estimate of drug-likeness (QED) is 0.496. The minimum atomic E-state index is -0.958. The topological polar surface area (TPSA) is 107 Å². The summed E-state index contributed by atoms with van der Waals surface area (Å²) in [5.74, 6) is -1.09. The molecule has 2 rings (SSSR count). The molecule has 1 aliphatic rings. The molecule has 2 atom stereocenters. The van der Waals surface area contributed by atoms with Gasteiger partial charge in [-0.1, -0.05) is 30.3 Å². The third kappa shape index (κ3) is 7.58. The van der Waals surface area contributed by atoms with Crippen LogP contribution in [0.1, 0.15) is 46.1 Å². The minimum absolute atomic E-state index is 0.186. The molecule has 0 aliphatic carbocycles. The van der Waals surface area contributed by atoms with Crippen LogP contribution in [-0.2, 0) is 30.3 Å². The van der Waals surface area contributed by atoms with Crippen LogP contribution in [0.15, 0.2) is 35.4 Å². The van der Waals surface area contributed by atoms with Gasteiger partial charge in [0.15, 0.2) is 0 Å². The van der Waals surface area contributed by atoms with Gasteiger partial charge in [0.05, 0.1) is 26.3 Å². The summed E-state index contributed by atoms with van der Waals surface area (Å²) in [6.45, 7) is 7.61. The lowest BCUT2D eigenvalue weighted by molar-refractivity contribution is -0.143. The van der Waals surface area contributed by atoms with E-state index in [1.807, 2.05) is 30.3 Å². The highest BCUT2D eigenvalue weighted by Gasteiger charge is 2.36. The summed E-state index contributed by atoms with van der Waals surface area (Å²) in [5, 5.41) is 8.76. The smallest absolute Gasteiger partial charge is 0.408 e. The number of nitrogens with zero attached hydrogens (tertiary/aromatic N) is 2. The van der Waals surface area contributed by atoms with E-state index in [1.54, 1.807) is 32.7 Å². The zero-order chi connectivity index (χ0) is 23.0. The molecule has 1 aromatic rings. The van der Waals surface area contributed by atoms with Crippen molar-refractivity contribution in [1.82, 2.24) is 10.3 Å². The van der Waals surface area contributed by atoms with Crippen molar-refractivity contribution in [2.75, 3.05) is 13.7 Å². The molecule has 1 amide bonds. The van der Waals surface area contributed by atoms with E-state index >= 15 is 0 Å². The van der Waals surface area contributed by atoms with Gasteiger partial charge in [-0.25, -0.2) is 14.4 Å². The van der Waals surface area contributed by atoms with Crippen LogP contribution < -0.4 is 5.32 Å². The predicted octanol–water partition coefficient (Wildman–Crippen LogP) is 2.64. The number of hydrogen-bond donors (Lipinski definition) is 1. The van der Waals surface area contributed by atoms with Crippen molar-refractivity contribution < 1.29 is 28.6 Å². The molecule has 0 saturated carbocycles. The van der Waals surface area contributed by atoms with Crippen molar-refractivity contribution in [3.63, 3.8) is 0 Å². The van der Waals surface area contributed by atoms with Gasteiger partial charge in [0.1, 0.15) is 17.4 Å². The Morgan fingerprint density at radius 2 is 1.90 bits per heavy atom. The molecule has 0 aromatic heterocycles. The highest BCUT2D eigenvalue weighted by Crippen LogP contribution is 2.24. The van der Waals surface area contributed by atoms with Gasteiger partial charge < -0.3 is 19.5 Å². The molecule has 0 fully saturated rings. The van der Waals surface area contributed by atoms with E-state index in [1.165, 1.54) is 7.11 Å². The van der Waals surface area contributed by atoms with Crippen LogP contribution in [0.2, 0.25) is 0 Å². The maximum atomic E-state index is 12.3. The molecule has 0 unspecified atom stereocenters. The van der Waals surface area contributed by atoms with E-state index in [9.17, 15) is 14.4 Å². The lowest BCUT2D eigenvalue weighted by Gasteiger charge is -2.28. The summed E-state index contributed by atoms with van der Waals surface area (Å²) in [5.41, 5.74) is 0.567. The highest BCUT2D eigenvalue weighted by atomic mass is 16.6. The fourth-order valence-corrected chi connectivity index (χ4v) is 3.16. The van der Waals surface area contributed by atoms with Crippen LogP contribution in [0.3, 0.4) is 0 Å². The number of ether oxygens (including phenoxy) is 3. The Hall–Kier alpha value is -3.10. The molecule has 31 heavy (non-hydrogen) atoms. The number of carbonyl (C=O) groups is 3. The maximum Gasteiger partial charge on any atom is 0.408 e. The van der Waals surface area contributed by atoms with E-state index in [0.29, 0.717) is 6.54 Å². The predicted molar refractivity (Wildman–Crippen MR) is 114 cm³/mol. The van der Waals surface area contributed by atoms with Crippen LogP contribution in [0.4, 0.5) is 4.79 Å². The van der Waals surface area contributed by atoms with Gasteiger partial charge in [-0.3, -0.25) is 5.01 Å². The normalized spacial score (nSPS) is 16.9. The Bertz CT molecular complexity index is 803. The number of hydrogen-bond acceptors (Lipinski definition) is 8. The molecule has 9 nitrogen and oxygen atoms in total. The van der Waals surface area contributed by atoms with Crippen LogP contribution in [0.5, 0.6) is 0 Å². The largest absolute Gasteiger partial charge is 0.467 e. The average Bonchev–Trinajstić information content (AvgIpc) is 3.09. The number of amides is 1. The number of benzene rings is 1. The van der Waals surface area contributed by atoms with Crippen molar-refractivity contribution in [1.29, 1.82) is 0 Å². The molecular weight excluding hydrogens is 402 g/mol. The van der Waals surface area contributed by atoms with Gasteiger partial charge in [-0.15, -0.1) is 0 Å². The van der Waals surface area contributed by atoms with E-state index in [4.69, 9.17) is 14.2 Å². The first-order chi connectivity index (χ1) is 14.6. The third-order valence-electron chi connectivity index (χ3n) is 4.48. The number of methoxy groups -OCH3 is 1. The first-order valence-electron chi connectivity index (χ1n) is 10.3. The maximum absolute atomic E-state index is 12.3. The van der Waals surface area contributed by atoms with Crippen LogP contribution in [0.25, 0.3) is 0 Å². The summed E-state index contributed by atoms with van der Waals surface area (Å²) in [6, 6.07) is 8.36. The Balaban J connectivity index is 2.18. The Morgan fingerprint density at radius 3 is 2.48 bits per heavy atom. The lowest BCUT2D eigenvalue weighted by atomic mass is 10.0. The lowest BCUT2D eigenvalue weighted by Crippen LogP contribution is -2.47. The van der Waals surface area contributed by atoms with Gasteiger partial charge >= 0.3 is 18.0 Å². The number of carbonyl (C=O) groups excluding carboxylic acids is 3. The third-order valence-corrected chi connectivity index (χ3v) is 4.48. The average molecular weight is 434 g/mol. The van der Waals surface area contributed by atoms with E-state index in [-0.39, 0.29) is 31.2 Å². The molecule has 1 aliphatic heterocycles. The Kier molecular flexibility index (Phi) is 8.41. The van der Waals surface area contributed by atoms with E-state index in [2.05, 4.69) is 10.4 Å². The molecular formula is C22H31N3O6. The summed E-state index contributed by atoms with van der Waals surface area (Å²) in [4.78, 5) is 36.8. The Labute approximate surface area is 182 Å². The second kappa shape index (κ2) is 10.8. The van der Waals surface area contributed by atoms with E-state index < -0.39 is 29.7 Å². The monoisotopic (exact) mass is 433 g/mol. The summed E-state index contributed by atoms with van der Waals surface area (Å²) in [6.07, 6.45) is -0.248. The second-order valence-electron chi connectivity index (χ2n) is 8.17. The number of nitrogens with one attached hydrogen (secondary N) is 1. The standard InChI is InChI=1S/C22H31N3O6/c1-6-30-20(27)18-13-16(25(24-18)14-15-10-8-7-9-11-15)12-17(19(26)29-5)23-21(28)31-22(2,3)4/h7-11,16-17H,6,12-14H2,1-5H3,(H,23,28)/t16-,17+/m0/s1. The number of rotatable bonds is 8. The van der Waals surface area contributed by atoms with Gasteiger partial charge in [-0.2, -0.15) is 5.10 Å². The molecule has 9 heteroatoms. The zero-order valence-electron chi connectivity index (χ0n) is 18.7. The van der Waals surface area contributed by atoms with Crippen molar-refractivity contribution in [3.05, 3.63) is 35.9 Å². The second-order valence-corrected chi connectivity index (χ2v) is 8.17. The number of hydrazone groups is 1. The van der Waals surface area contributed by atoms with Crippen LogP contribution >= 0.6 is 0 Å². The summed E-state index contributed by atoms with van der Waals surface area (Å²) < 4.78 is 15.2. The summed E-state index contributed by atoms with van der Waals surface area (Å²) >= 11 is 0. The molecule has 1 aromatic carbocycles. The number of esters is 2. The van der Waals surface area contributed by atoms with Crippen molar-refractivity contribution in [2.45, 2.75) is 64.8 Å². The Morgan fingerprint density at radius 1 is 1.23 bits per heavy atom. The zero-order valence-corrected chi connectivity index (χ0v) is 18.7. The van der Waals surface area contributed by atoms with Gasteiger partial charge in [0, 0.05) is 12.8 Å². The highest BCUT2D eigenvalue weighted by molar-refractivity contribution is 6.36. The first kappa shape index (κ1) is 24.2. The van der Waals surface area contributed by atoms with Crippen LogP contribution in [-0.4, -0.2) is 60.2 Å². The van der Waals surface area contributed by atoms with E-state index in [0.717, 1.165) is 5.56 Å². The molecule has 170 valence electrons. The van der Waals surface area contributed by atoms with Gasteiger partial charge in [-0.05, 0) is 33.3 Å². The van der Waals surface area contributed by atoms with Crippen molar-refractivity contribution in [3.8, 4) is 0 Å². The molecule has 0 spiro atoms. The summed E-state index contributed by atoms with van der Waals surface area (Å²) in [7, 11) is 1.25. The molecule has 0 saturated heterocycles. The van der Waals surface area contributed by atoms with Gasteiger partial charge in [0.25, 0.3) is 0 Å². The van der Waals surface area contributed by atoms with Crippen molar-refractivity contribution >= 4 is 23.7 Å². The molecule has 1 heterocycles. The molecule has 0 radical (unpaired) electrons. The first-order valence-corrected chi connectivity index (χ1v) is 10.3. The fraction of sp³-hybridized carbons (Fsp3) is 0.545. The van der Waals surface area contributed by atoms with Crippen molar-refractivity contribution in [2.24, 2.45) is 5.10 Å². The number of alkyl carbamates (subject to hydrolysis) is 1. The fourth-order valence-electron chi connectivity index (χ4n) is 3.16. The molecule has 1 N–H and O–H groups in total. The SMILES string of the molecule is CCOC(=O)C1=NN(Cc2ccccc2)[C@@H](C[C@@H](NC(=O)OC(C)(C)C)C(=O)OC)C1. The van der Waals surface area contributed by atoms with Crippen LogP contribution in [0, 0.1) is 0 Å². The molecule has 0 bridgehead atoms. The minimum Gasteiger partial charge on any atom is -0.467 e. The van der Waals surface area contributed by atoms with Gasteiger partial charge in [0.2, 0.25) is 0 Å².